The van der Waals surface area contributed by atoms with E-state index in [4.69, 9.17) is 21.1 Å². The van der Waals surface area contributed by atoms with Crippen molar-refractivity contribution in [3.63, 3.8) is 0 Å². The molecule has 0 aromatic heterocycles. The van der Waals surface area contributed by atoms with E-state index in [2.05, 4.69) is 0 Å². The highest BCUT2D eigenvalue weighted by atomic mass is 35.5. The Morgan fingerprint density at radius 3 is 2.14 bits per heavy atom. The van der Waals surface area contributed by atoms with E-state index in [9.17, 15) is 14.0 Å². The Bertz CT molecular complexity index is 1040. The van der Waals surface area contributed by atoms with Gasteiger partial charge in [0.1, 0.15) is 17.3 Å². The first-order valence-corrected chi connectivity index (χ1v) is 8.98. The lowest BCUT2D eigenvalue weighted by Crippen LogP contribution is -2.08. The monoisotopic (exact) mass is 410 g/mol. The molecule has 0 bridgehead atoms. The molecule has 0 aliphatic carbocycles. The predicted molar refractivity (Wildman–Crippen MR) is 109 cm³/mol. The number of hydrogen-bond acceptors (Lipinski definition) is 4. The van der Waals surface area contributed by atoms with Gasteiger partial charge in [-0.3, -0.25) is 4.79 Å². The molecule has 3 aromatic carbocycles. The van der Waals surface area contributed by atoms with Gasteiger partial charge in [0.2, 0.25) is 0 Å². The summed E-state index contributed by atoms with van der Waals surface area (Å²) in [6, 6.07) is 16.9. The second-order valence-electron chi connectivity index (χ2n) is 5.98. The molecule has 0 heterocycles. The molecule has 0 amide bonds. The number of ether oxygens (including phenoxy) is 2. The average Bonchev–Trinajstić information content (AvgIpc) is 2.73. The fourth-order valence-electron chi connectivity index (χ4n) is 2.51. The van der Waals surface area contributed by atoms with Crippen LogP contribution in [0.4, 0.5) is 4.39 Å². The van der Waals surface area contributed by atoms with Crippen molar-refractivity contribution in [1.82, 2.24) is 0 Å². The summed E-state index contributed by atoms with van der Waals surface area (Å²) in [6.07, 6.45) is 2.57. The summed E-state index contributed by atoms with van der Waals surface area (Å²) in [5.41, 5.74) is 0.876. The minimum Gasteiger partial charge on any atom is -0.497 e. The van der Waals surface area contributed by atoms with Crippen molar-refractivity contribution in [2.45, 2.75) is 0 Å². The van der Waals surface area contributed by atoms with Gasteiger partial charge in [0, 0.05) is 11.1 Å². The first-order valence-electron chi connectivity index (χ1n) is 8.60. The van der Waals surface area contributed by atoms with Crippen LogP contribution in [0.1, 0.15) is 26.3 Å². The molecular weight excluding hydrogens is 395 g/mol. The van der Waals surface area contributed by atoms with E-state index in [1.54, 1.807) is 30.3 Å². The Morgan fingerprint density at radius 1 is 0.897 bits per heavy atom. The van der Waals surface area contributed by atoms with Gasteiger partial charge in [0.15, 0.2) is 5.78 Å². The fraction of sp³-hybridized carbons (Fsp3) is 0.0435. The molecule has 0 fully saturated rings. The second kappa shape index (κ2) is 9.17. The Labute approximate surface area is 172 Å². The largest absolute Gasteiger partial charge is 0.497 e. The molecule has 146 valence electrons. The minimum absolute atomic E-state index is 0.146. The summed E-state index contributed by atoms with van der Waals surface area (Å²) < 4.78 is 24.1. The molecule has 4 nitrogen and oxygen atoms in total. The summed E-state index contributed by atoms with van der Waals surface area (Å²) in [5.74, 6) is -0.446. The Morgan fingerprint density at radius 2 is 1.52 bits per heavy atom. The first kappa shape index (κ1) is 20.3. The highest BCUT2D eigenvalue weighted by Crippen LogP contribution is 2.21. The number of allylic oxidation sites excluding steroid dienone is 1. The van der Waals surface area contributed by atoms with Gasteiger partial charge in [-0.25, -0.2) is 9.18 Å². The quantitative estimate of drug-likeness (QED) is 0.229. The molecule has 3 aromatic rings. The van der Waals surface area contributed by atoms with Crippen molar-refractivity contribution >= 4 is 29.4 Å². The first-order chi connectivity index (χ1) is 14.0. The second-order valence-corrected chi connectivity index (χ2v) is 6.38. The van der Waals surface area contributed by atoms with Gasteiger partial charge in [-0.1, -0.05) is 17.7 Å². The van der Waals surface area contributed by atoms with Crippen LogP contribution >= 0.6 is 11.6 Å². The number of rotatable bonds is 6. The van der Waals surface area contributed by atoms with Crippen molar-refractivity contribution in [3.05, 3.63) is 100 Å². The van der Waals surface area contributed by atoms with Gasteiger partial charge in [-0.2, -0.15) is 0 Å². The van der Waals surface area contributed by atoms with Gasteiger partial charge < -0.3 is 9.47 Å². The molecule has 0 saturated heterocycles. The van der Waals surface area contributed by atoms with E-state index in [1.165, 1.54) is 55.7 Å². The zero-order valence-corrected chi connectivity index (χ0v) is 16.2. The summed E-state index contributed by atoms with van der Waals surface area (Å²) in [7, 11) is 1.54. The number of esters is 1. The molecule has 6 heteroatoms. The Hall–Kier alpha value is -3.44. The number of ketones is 1. The van der Waals surface area contributed by atoms with E-state index in [0.29, 0.717) is 22.6 Å². The van der Waals surface area contributed by atoms with E-state index < -0.39 is 11.8 Å². The lowest BCUT2D eigenvalue weighted by Gasteiger charge is -2.06. The summed E-state index contributed by atoms with van der Waals surface area (Å²) in [4.78, 5) is 24.5. The zero-order valence-electron chi connectivity index (χ0n) is 15.4. The van der Waals surface area contributed by atoms with Crippen LogP contribution in [0.3, 0.4) is 0 Å². The van der Waals surface area contributed by atoms with Crippen LogP contribution in [-0.2, 0) is 0 Å². The maximum atomic E-state index is 13.8. The maximum absolute atomic E-state index is 13.8. The van der Waals surface area contributed by atoms with Crippen LogP contribution in [0, 0.1) is 5.82 Å². The number of hydrogen-bond donors (Lipinski definition) is 0. The Kier molecular flexibility index (Phi) is 6.42. The van der Waals surface area contributed by atoms with Gasteiger partial charge in [-0.15, -0.1) is 0 Å². The van der Waals surface area contributed by atoms with Gasteiger partial charge >= 0.3 is 5.97 Å². The molecule has 3 rings (SSSR count). The third-order valence-corrected chi connectivity index (χ3v) is 4.41. The molecule has 0 unspecified atom stereocenters. The van der Waals surface area contributed by atoms with Gasteiger partial charge in [0.05, 0.1) is 17.7 Å². The number of halogens is 2. The van der Waals surface area contributed by atoms with Crippen LogP contribution < -0.4 is 9.47 Å². The molecule has 0 aliphatic rings. The van der Waals surface area contributed by atoms with Crippen molar-refractivity contribution in [1.29, 1.82) is 0 Å². The number of methoxy groups -OCH3 is 1. The fourth-order valence-corrected chi connectivity index (χ4v) is 2.73. The normalized spacial score (nSPS) is 10.7. The smallest absolute Gasteiger partial charge is 0.343 e. The van der Waals surface area contributed by atoms with E-state index in [1.807, 2.05) is 0 Å². The molecule has 0 N–H and O–H groups in total. The zero-order chi connectivity index (χ0) is 20.8. The average molecular weight is 411 g/mol. The van der Waals surface area contributed by atoms with Crippen LogP contribution in [0.25, 0.3) is 6.08 Å². The summed E-state index contributed by atoms with van der Waals surface area (Å²) >= 11 is 5.94. The number of benzene rings is 3. The molecule has 0 saturated carbocycles. The highest BCUT2D eigenvalue weighted by Gasteiger charge is 2.10. The van der Waals surface area contributed by atoms with E-state index in [-0.39, 0.29) is 16.4 Å². The SMILES string of the molecule is COc1ccc(C(=O)Oc2ccc(C(=O)/C=C/c3c(F)cccc3Cl)cc2)cc1. The summed E-state index contributed by atoms with van der Waals surface area (Å²) in [5, 5.41) is 0.217. The van der Waals surface area contributed by atoms with Crippen LogP contribution in [-0.4, -0.2) is 18.9 Å². The minimum atomic E-state index is -0.527. The van der Waals surface area contributed by atoms with E-state index in [0.717, 1.165) is 0 Å². The Balaban J connectivity index is 1.66. The van der Waals surface area contributed by atoms with Crippen molar-refractivity contribution < 1.29 is 23.5 Å². The molecule has 29 heavy (non-hydrogen) atoms. The highest BCUT2D eigenvalue weighted by molar-refractivity contribution is 6.32. The molecule has 0 aliphatic heterocycles. The maximum Gasteiger partial charge on any atom is 0.343 e. The van der Waals surface area contributed by atoms with Crippen LogP contribution in [0.2, 0.25) is 5.02 Å². The van der Waals surface area contributed by atoms with E-state index >= 15 is 0 Å². The molecule has 0 radical (unpaired) electrons. The number of carbonyl (C=O) groups excluding carboxylic acids is 2. The third-order valence-electron chi connectivity index (χ3n) is 4.08. The number of carbonyl (C=O) groups is 2. The summed E-state index contributed by atoms with van der Waals surface area (Å²) in [6.45, 7) is 0. The molecule has 0 atom stereocenters. The topological polar surface area (TPSA) is 52.6 Å². The van der Waals surface area contributed by atoms with Crippen LogP contribution in [0.5, 0.6) is 11.5 Å². The van der Waals surface area contributed by atoms with Crippen LogP contribution in [0.15, 0.2) is 72.8 Å². The van der Waals surface area contributed by atoms with Crippen molar-refractivity contribution in [2.75, 3.05) is 7.11 Å². The lowest BCUT2D eigenvalue weighted by atomic mass is 10.1. The molecular formula is C23H16ClFO4. The van der Waals surface area contributed by atoms with Gasteiger partial charge in [-0.05, 0) is 72.8 Å². The lowest BCUT2D eigenvalue weighted by molar-refractivity contribution is 0.0734. The molecule has 0 spiro atoms. The predicted octanol–water partition coefficient (Wildman–Crippen LogP) is 5.60. The van der Waals surface area contributed by atoms with Crippen molar-refractivity contribution in [2.24, 2.45) is 0 Å². The standard InChI is InChI=1S/C23H16ClFO4/c1-28-17-9-7-16(8-10-17)23(27)29-18-11-5-15(6-12-18)22(26)14-13-19-20(24)3-2-4-21(19)25/h2-14H,1H3/b14-13+. The van der Waals surface area contributed by atoms with Crippen molar-refractivity contribution in [3.8, 4) is 11.5 Å². The third kappa shape index (κ3) is 5.09. The van der Waals surface area contributed by atoms with Gasteiger partial charge in [0.25, 0.3) is 0 Å².